The number of hydrogen-bond acceptors (Lipinski definition) is 2. The SMILES string of the molecule is Cc1cccc(C(Cc2cc(F)cc(F)c2)NN)c1C. The van der Waals surface area contributed by atoms with Crippen molar-refractivity contribution >= 4 is 0 Å². The lowest BCUT2D eigenvalue weighted by molar-refractivity contribution is 0.538. The highest BCUT2D eigenvalue weighted by Crippen LogP contribution is 2.24. The van der Waals surface area contributed by atoms with E-state index in [1.165, 1.54) is 12.1 Å². The van der Waals surface area contributed by atoms with Gasteiger partial charge in [0.15, 0.2) is 0 Å². The molecule has 0 amide bonds. The Labute approximate surface area is 117 Å². The maximum Gasteiger partial charge on any atom is 0.126 e. The first-order chi connectivity index (χ1) is 9.51. The predicted octanol–water partition coefficient (Wildman–Crippen LogP) is 3.33. The summed E-state index contributed by atoms with van der Waals surface area (Å²) in [5.41, 5.74) is 6.64. The molecule has 0 aromatic heterocycles. The molecule has 2 aromatic rings. The molecule has 4 heteroatoms. The van der Waals surface area contributed by atoms with Gasteiger partial charge in [-0.3, -0.25) is 11.3 Å². The van der Waals surface area contributed by atoms with Gasteiger partial charge in [0.2, 0.25) is 0 Å². The molecule has 2 aromatic carbocycles. The Kier molecular flexibility index (Phi) is 4.47. The number of halogens is 2. The van der Waals surface area contributed by atoms with Crippen molar-refractivity contribution in [3.05, 3.63) is 70.3 Å². The third-order valence-electron chi connectivity index (χ3n) is 3.59. The summed E-state index contributed by atoms with van der Waals surface area (Å²) in [7, 11) is 0. The average molecular weight is 276 g/mol. The van der Waals surface area contributed by atoms with Crippen molar-refractivity contribution in [3.8, 4) is 0 Å². The van der Waals surface area contributed by atoms with Crippen LogP contribution in [0, 0.1) is 25.5 Å². The molecule has 1 atom stereocenters. The van der Waals surface area contributed by atoms with Crippen LogP contribution < -0.4 is 11.3 Å². The Morgan fingerprint density at radius 2 is 1.75 bits per heavy atom. The van der Waals surface area contributed by atoms with Crippen LogP contribution in [0.1, 0.15) is 28.3 Å². The lowest BCUT2D eigenvalue weighted by Crippen LogP contribution is -2.30. The smallest absolute Gasteiger partial charge is 0.126 e. The zero-order chi connectivity index (χ0) is 14.7. The van der Waals surface area contributed by atoms with Crippen molar-refractivity contribution < 1.29 is 8.78 Å². The number of nitrogens with one attached hydrogen (secondary N) is 1. The molecule has 20 heavy (non-hydrogen) atoms. The van der Waals surface area contributed by atoms with Crippen LogP contribution in [0.3, 0.4) is 0 Å². The maximum atomic E-state index is 13.2. The standard InChI is InChI=1S/C16H18F2N2/c1-10-4-3-5-15(11(10)2)16(20-19)8-12-6-13(17)9-14(18)7-12/h3-7,9,16,20H,8,19H2,1-2H3. The van der Waals surface area contributed by atoms with Gasteiger partial charge in [-0.15, -0.1) is 0 Å². The van der Waals surface area contributed by atoms with E-state index in [0.29, 0.717) is 12.0 Å². The fourth-order valence-electron chi connectivity index (χ4n) is 2.37. The second-order valence-corrected chi connectivity index (χ2v) is 4.99. The zero-order valence-corrected chi connectivity index (χ0v) is 11.6. The minimum Gasteiger partial charge on any atom is -0.271 e. The molecule has 0 aliphatic heterocycles. The number of benzene rings is 2. The van der Waals surface area contributed by atoms with E-state index in [9.17, 15) is 8.78 Å². The highest BCUT2D eigenvalue weighted by atomic mass is 19.1. The van der Waals surface area contributed by atoms with E-state index < -0.39 is 11.6 Å². The van der Waals surface area contributed by atoms with Crippen LogP contribution in [0.25, 0.3) is 0 Å². The molecule has 0 heterocycles. The number of nitrogens with two attached hydrogens (primary N) is 1. The summed E-state index contributed by atoms with van der Waals surface area (Å²) in [6.45, 7) is 4.04. The van der Waals surface area contributed by atoms with Crippen LogP contribution >= 0.6 is 0 Å². The predicted molar refractivity (Wildman–Crippen MR) is 76.0 cm³/mol. The number of hydrogen-bond donors (Lipinski definition) is 2. The van der Waals surface area contributed by atoms with Crippen molar-refractivity contribution in [1.29, 1.82) is 0 Å². The molecule has 0 fully saturated rings. The summed E-state index contributed by atoms with van der Waals surface area (Å²) in [5.74, 6) is 4.47. The summed E-state index contributed by atoms with van der Waals surface area (Å²) in [5, 5.41) is 0. The van der Waals surface area contributed by atoms with E-state index >= 15 is 0 Å². The van der Waals surface area contributed by atoms with Gasteiger partial charge in [0.25, 0.3) is 0 Å². The Morgan fingerprint density at radius 1 is 1.10 bits per heavy atom. The molecule has 3 N–H and O–H groups in total. The summed E-state index contributed by atoms with van der Waals surface area (Å²) in [4.78, 5) is 0. The van der Waals surface area contributed by atoms with E-state index in [1.807, 2.05) is 32.0 Å². The van der Waals surface area contributed by atoms with Gasteiger partial charge < -0.3 is 0 Å². The van der Waals surface area contributed by atoms with Gasteiger partial charge in [-0.2, -0.15) is 0 Å². The van der Waals surface area contributed by atoms with Crippen LogP contribution in [0.2, 0.25) is 0 Å². The molecular formula is C16H18F2N2. The molecule has 0 aliphatic rings. The van der Waals surface area contributed by atoms with Crippen molar-refractivity contribution in [2.75, 3.05) is 0 Å². The highest BCUT2D eigenvalue weighted by molar-refractivity contribution is 5.36. The summed E-state index contributed by atoms with van der Waals surface area (Å²) >= 11 is 0. The van der Waals surface area contributed by atoms with Crippen molar-refractivity contribution in [3.63, 3.8) is 0 Å². The first kappa shape index (κ1) is 14.6. The van der Waals surface area contributed by atoms with Crippen LogP contribution in [0.5, 0.6) is 0 Å². The monoisotopic (exact) mass is 276 g/mol. The molecule has 0 radical (unpaired) electrons. The van der Waals surface area contributed by atoms with Gasteiger partial charge in [0, 0.05) is 6.07 Å². The largest absolute Gasteiger partial charge is 0.271 e. The zero-order valence-electron chi connectivity index (χ0n) is 11.6. The second-order valence-electron chi connectivity index (χ2n) is 4.99. The quantitative estimate of drug-likeness (QED) is 0.664. The highest BCUT2D eigenvalue weighted by Gasteiger charge is 2.14. The van der Waals surface area contributed by atoms with Crippen LogP contribution in [-0.4, -0.2) is 0 Å². The number of rotatable bonds is 4. The van der Waals surface area contributed by atoms with Gasteiger partial charge in [0.05, 0.1) is 6.04 Å². The summed E-state index contributed by atoms with van der Waals surface area (Å²) < 4.78 is 26.5. The normalized spacial score (nSPS) is 12.4. The summed E-state index contributed by atoms with van der Waals surface area (Å²) in [6, 6.07) is 9.30. The Hall–Kier alpha value is -1.78. The molecular weight excluding hydrogens is 258 g/mol. The number of aryl methyl sites for hydroxylation is 1. The minimum atomic E-state index is -0.572. The first-order valence-corrected chi connectivity index (χ1v) is 6.48. The Morgan fingerprint density at radius 3 is 2.35 bits per heavy atom. The molecule has 2 nitrogen and oxygen atoms in total. The van der Waals surface area contributed by atoms with E-state index in [1.54, 1.807) is 0 Å². The van der Waals surface area contributed by atoms with Gasteiger partial charge in [0.1, 0.15) is 11.6 Å². The molecule has 106 valence electrons. The molecule has 0 spiro atoms. The van der Waals surface area contributed by atoms with Gasteiger partial charge >= 0.3 is 0 Å². The fourth-order valence-corrected chi connectivity index (χ4v) is 2.37. The van der Waals surface area contributed by atoms with Crippen LogP contribution in [0.4, 0.5) is 8.78 Å². The lowest BCUT2D eigenvalue weighted by Gasteiger charge is -2.20. The van der Waals surface area contributed by atoms with Crippen molar-refractivity contribution in [1.82, 2.24) is 5.43 Å². The van der Waals surface area contributed by atoms with E-state index in [0.717, 1.165) is 22.8 Å². The Bertz CT molecular complexity index is 591. The van der Waals surface area contributed by atoms with Crippen LogP contribution in [0.15, 0.2) is 36.4 Å². The molecule has 0 saturated carbocycles. The minimum absolute atomic E-state index is 0.184. The molecule has 0 bridgehead atoms. The van der Waals surface area contributed by atoms with E-state index in [2.05, 4.69) is 5.43 Å². The lowest BCUT2D eigenvalue weighted by atomic mass is 9.93. The molecule has 0 saturated heterocycles. The van der Waals surface area contributed by atoms with E-state index in [4.69, 9.17) is 5.84 Å². The molecule has 2 rings (SSSR count). The topological polar surface area (TPSA) is 38.0 Å². The van der Waals surface area contributed by atoms with Gasteiger partial charge in [-0.1, -0.05) is 18.2 Å². The van der Waals surface area contributed by atoms with Gasteiger partial charge in [-0.25, -0.2) is 8.78 Å². The Balaban J connectivity index is 2.31. The fraction of sp³-hybridized carbons (Fsp3) is 0.250. The summed E-state index contributed by atoms with van der Waals surface area (Å²) in [6.07, 6.45) is 0.426. The molecule has 0 aliphatic carbocycles. The number of hydrazine groups is 1. The van der Waals surface area contributed by atoms with Crippen LogP contribution in [-0.2, 0) is 6.42 Å². The third kappa shape index (κ3) is 3.21. The molecule has 1 unspecified atom stereocenters. The second kappa shape index (κ2) is 6.11. The van der Waals surface area contributed by atoms with E-state index in [-0.39, 0.29) is 6.04 Å². The van der Waals surface area contributed by atoms with Crippen molar-refractivity contribution in [2.45, 2.75) is 26.3 Å². The van der Waals surface area contributed by atoms with Gasteiger partial charge in [-0.05, 0) is 54.7 Å². The third-order valence-corrected chi connectivity index (χ3v) is 3.59. The maximum absolute atomic E-state index is 13.2. The first-order valence-electron chi connectivity index (χ1n) is 6.48. The average Bonchev–Trinajstić information content (AvgIpc) is 2.38. The van der Waals surface area contributed by atoms with Crippen molar-refractivity contribution in [2.24, 2.45) is 5.84 Å².